The molecule has 4 aromatic rings. The highest BCUT2D eigenvalue weighted by atomic mass is 32.2. The number of nitrogens with one attached hydrogen (secondary N) is 2. The molecule has 1 aromatic carbocycles. The number of benzene rings is 1. The highest BCUT2D eigenvalue weighted by Gasteiger charge is 2.31. The molecule has 0 saturated carbocycles. The zero-order valence-corrected chi connectivity index (χ0v) is 19.9. The fourth-order valence-corrected chi connectivity index (χ4v) is 4.91. The van der Waals surface area contributed by atoms with Gasteiger partial charge < -0.3 is 10.1 Å². The third-order valence-corrected chi connectivity index (χ3v) is 6.89. The van der Waals surface area contributed by atoms with Gasteiger partial charge in [-0.05, 0) is 18.2 Å². The number of amides is 1. The van der Waals surface area contributed by atoms with Gasteiger partial charge in [-0.2, -0.15) is 13.2 Å². The molecule has 0 fully saturated rings. The van der Waals surface area contributed by atoms with Crippen molar-refractivity contribution in [3.63, 3.8) is 0 Å². The predicted molar refractivity (Wildman–Crippen MR) is 126 cm³/mol. The lowest BCUT2D eigenvalue weighted by Gasteiger charge is -2.13. The lowest BCUT2D eigenvalue weighted by molar-refractivity contribution is -0.137. The molecule has 0 spiro atoms. The third-order valence-electron chi connectivity index (χ3n) is 4.65. The second kappa shape index (κ2) is 9.91. The molecule has 0 saturated heterocycles. The fraction of sp³-hybridized carbons (Fsp3) is 0.0909. The van der Waals surface area contributed by atoms with Crippen molar-refractivity contribution in [2.75, 3.05) is 17.1 Å². The van der Waals surface area contributed by atoms with Crippen molar-refractivity contribution in [3.05, 3.63) is 77.6 Å². The summed E-state index contributed by atoms with van der Waals surface area (Å²) in [6.07, 6.45) is -2.93. The first-order valence-corrected chi connectivity index (χ1v) is 12.4. The maximum absolute atomic E-state index is 12.9. The van der Waals surface area contributed by atoms with Gasteiger partial charge in [0.1, 0.15) is 16.5 Å². The summed E-state index contributed by atoms with van der Waals surface area (Å²) in [5, 5.41) is 4.72. The van der Waals surface area contributed by atoms with Crippen LogP contribution in [0.2, 0.25) is 0 Å². The molecule has 0 unspecified atom stereocenters. The standard InChI is InChI=1S/C22H16F3N5O4S2/c1-34-20-17(36(32,33)30-18-8-7-14(10-26-18)22(23,24)25)9-15(11-27-20)28-19(31)16-12-35-21(29-16)13-5-3-2-4-6-13/h2-12H,1H3,(H,26,30)(H,28,31). The van der Waals surface area contributed by atoms with Crippen LogP contribution < -0.4 is 14.8 Å². The van der Waals surface area contributed by atoms with Gasteiger partial charge in [-0.25, -0.2) is 23.4 Å². The lowest BCUT2D eigenvalue weighted by atomic mass is 10.2. The first-order chi connectivity index (χ1) is 17.1. The van der Waals surface area contributed by atoms with Crippen LogP contribution in [0.3, 0.4) is 0 Å². The fourth-order valence-electron chi connectivity index (χ4n) is 2.95. The van der Waals surface area contributed by atoms with Gasteiger partial charge in [0, 0.05) is 17.1 Å². The first kappa shape index (κ1) is 25.1. The van der Waals surface area contributed by atoms with E-state index < -0.39 is 32.6 Å². The van der Waals surface area contributed by atoms with Crippen LogP contribution in [0.5, 0.6) is 5.88 Å². The van der Waals surface area contributed by atoms with Crippen molar-refractivity contribution >= 4 is 38.8 Å². The number of methoxy groups -OCH3 is 1. The van der Waals surface area contributed by atoms with E-state index in [4.69, 9.17) is 4.74 Å². The van der Waals surface area contributed by atoms with E-state index >= 15 is 0 Å². The Morgan fingerprint density at radius 2 is 1.81 bits per heavy atom. The van der Waals surface area contributed by atoms with Gasteiger partial charge in [-0.3, -0.25) is 9.52 Å². The molecule has 3 heterocycles. The molecule has 14 heteroatoms. The van der Waals surface area contributed by atoms with Gasteiger partial charge in [0.05, 0.1) is 24.6 Å². The normalized spacial score (nSPS) is 11.7. The quantitative estimate of drug-likeness (QED) is 0.352. The molecule has 9 nitrogen and oxygen atoms in total. The van der Waals surface area contributed by atoms with Crippen molar-refractivity contribution in [2.45, 2.75) is 11.1 Å². The van der Waals surface area contributed by atoms with Crippen LogP contribution in [0.4, 0.5) is 24.7 Å². The number of rotatable bonds is 7. The minimum atomic E-state index is -4.62. The summed E-state index contributed by atoms with van der Waals surface area (Å²) in [6.45, 7) is 0. The molecule has 0 bridgehead atoms. The number of carbonyl (C=O) groups excluding carboxylic acids is 1. The molecule has 3 aromatic heterocycles. The van der Waals surface area contributed by atoms with Crippen molar-refractivity contribution in [2.24, 2.45) is 0 Å². The van der Waals surface area contributed by atoms with Gasteiger partial charge in [0.2, 0.25) is 5.88 Å². The molecule has 0 aliphatic rings. The third kappa shape index (κ3) is 5.60. The van der Waals surface area contributed by atoms with E-state index in [0.29, 0.717) is 17.3 Å². The second-order valence-electron chi connectivity index (χ2n) is 7.12. The predicted octanol–water partition coefficient (Wildman–Crippen LogP) is 4.68. The Morgan fingerprint density at radius 3 is 2.44 bits per heavy atom. The number of nitrogens with zero attached hydrogens (tertiary/aromatic N) is 3. The number of aromatic nitrogens is 3. The van der Waals surface area contributed by atoms with Crippen molar-refractivity contribution < 1.29 is 31.1 Å². The number of halogens is 3. The molecule has 4 rings (SSSR count). The average molecular weight is 536 g/mol. The van der Waals surface area contributed by atoms with Gasteiger partial charge in [0.25, 0.3) is 15.9 Å². The minimum absolute atomic E-state index is 0.0239. The summed E-state index contributed by atoms with van der Waals surface area (Å²) in [7, 11) is -3.21. The molecule has 0 aliphatic heterocycles. The number of hydrogen-bond donors (Lipinski definition) is 2. The van der Waals surface area contributed by atoms with Crippen LogP contribution in [0, 0.1) is 0 Å². The highest BCUT2D eigenvalue weighted by Crippen LogP contribution is 2.30. The van der Waals surface area contributed by atoms with Gasteiger partial charge in [-0.1, -0.05) is 30.3 Å². The molecule has 0 radical (unpaired) electrons. The van der Waals surface area contributed by atoms with E-state index in [0.717, 1.165) is 17.7 Å². The molecule has 186 valence electrons. The monoisotopic (exact) mass is 535 g/mol. The number of ether oxygens (including phenoxy) is 1. The van der Waals surface area contributed by atoms with Crippen LogP contribution in [-0.2, 0) is 16.2 Å². The van der Waals surface area contributed by atoms with E-state index in [1.807, 2.05) is 30.3 Å². The topological polar surface area (TPSA) is 123 Å². The van der Waals surface area contributed by atoms with E-state index in [9.17, 15) is 26.4 Å². The maximum Gasteiger partial charge on any atom is 0.417 e. The summed E-state index contributed by atoms with van der Waals surface area (Å²) < 4.78 is 71.1. The van der Waals surface area contributed by atoms with E-state index in [1.54, 1.807) is 5.38 Å². The summed E-state index contributed by atoms with van der Waals surface area (Å²) >= 11 is 1.27. The summed E-state index contributed by atoms with van der Waals surface area (Å²) in [4.78, 5) is 23.9. The zero-order chi connectivity index (χ0) is 25.9. The lowest BCUT2D eigenvalue weighted by Crippen LogP contribution is -2.17. The molecular formula is C22H16F3N5O4S2. The Labute approximate surface area is 207 Å². The number of sulfonamides is 1. The summed E-state index contributed by atoms with van der Waals surface area (Å²) in [6, 6.07) is 11.9. The van der Waals surface area contributed by atoms with Crippen LogP contribution in [0.1, 0.15) is 16.1 Å². The number of thiazole rings is 1. The van der Waals surface area contributed by atoms with Crippen molar-refractivity contribution in [1.29, 1.82) is 0 Å². The van der Waals surface area contributed by atoms with Crippen LogP contribution in [0.15, 0.2) is 71.2 Å². The second-order valence-corrected chi connectivity index (χ2v) is 9.63. The largest absolute Gasteiger partial charge is 0.480 e. The van der Waals surface area contributed by atoms with E-state index in [-0.39, 0.29) is 23.1 Å². The molecule has 36 heavy (non-hydrogen) atoms. The average Bonchev–Trinajstić information content (AvgIpc) is 3.35. The first-order valence-electron chi connectivity index (χ1n) is 9.99. The van der Waals surface area contributed by atoms with Gasteiger partial charge >= 0.3 is 6.18 Å². The number of pyridine rings is 2. The number of anilines is 2. The highest BCUT2D eigenvalue weighted by molar-refractivity contribution is 7.92. The number of hydrogen-bond acceptors (Lipinski definition) is 8. The Hall–Kier alpha value is -4.04. The molecular weight excluding hydrogens is 519 g/mol. The van der Waals surface area contributed by atoms with Crippen LogP contribution in [-0.4, -0.2) is 36.4 Å². The Kier molecular flexibility index (Phi) is 6.90. The smallest absolute Gasteiger partial charge is 0.417 e. The summed E-state index contributed by atoms with van der Waals surface area (Å²) in [5.74, 6) is -1.25. The zero-order valence-electron chi connectivity index (χ0n) is 18.3. The SMILES string of the molecule is COc1ncc(NC(=O)c2csc(-c3ccccc3)n2)cc1S(=O)(=O)Nc1ccc(C(F)(F)F)cn1. The Balaban J connectivity index is 1.55. The molecule has 1 amide bonds. The van der Waals surface area contributed by atoms with E-state index in [1.165, 1.54) is 24.6 Å². The van der Waals surface area contributed by atoms with Crippen LogP contribution >= 0.6 is 11.3 Å². The maximum atomic E-state index is 12.9. The van der Waals surface area contributed by atoms with Gasteiger partial charge in [0.15, 0.2) is 4.90 Å². The van der Waals surface area contributed by atoms with Crippen molar-refractivity contribution in [3.8, 4) is 16.5 Å². The Morgan fingerprint density at radius 1 is 1.06 bits per heavy atom. The Bertz CT molecular complexity index is 1490. The minimum Gasteiger partial charge on any atom is -0.480 e. The molecule has 0 atom stereocenters. The number of alkyl halides is 3. The van der Waals surface area contributed by atoms with E-state index in [2.05, 4.69) is 25.0 Å². The van der Waals surface area contributed by atoms with Crippen LogP contribution in [0.25, 0.3) is 10.6 Å². The molecule has 0 aliphatic carbocycles. The molecule has 2 N–H and O–H groups in total. The summed E-state index contributed by atoms with van der Waals surface area (Å²) in [5.41, 5.74) is -0.0576. The van der Waals surface area contributed by atoms with Gasteiger partial charge in [-0.15, -0.1) is 11.3 Å². The van der Waals surface area contributed by atoms with Crippen molar-refractivity contribution in [1.82, 2.24) is 15.0 Å². The number of carbonyl (C=O) groups is 1.